The van der Waals surface area contributed by atoms with Crippen LogP contribution in [0, 0.1) is 13.8 Å². The Balaban J connectivity index is 2.44. The van der Waals surface area contributed by atoms with Crippen LogP contribution in [-0.2, 0) is 9.59 Å². The number of carboxylic acid groups (broad SMARTS) is 1. The van der Waals surface area contributed by atoms with E-state index >= 15 is 0 Å². The molecule has 0 fully saturated rings. The molecule has 0 saturated heterocycles. The van der Waals surface area contributed by atoms with Crippen molar-refractivity contribution >= 4 is 23.3 Å². The van der Waals surface area contributed by atoms with E-state index in [2.05, 4.69) is 0 Å². The number of anilines is 1. The highest BCUT2D eigenvalue weighted by Crippen LogP contribution is 2.33. The second kappa shape index (κ2) is 4.92. The number of hydrogen-bond donors (Lipinski definition) is 1. The molecule has 5 heteroatoms. The molecule has 0 atom stereocenters. The van der Waals surface area contributed by atoms with Crippen LogP contribution in [0.4, 0.5) is 5.69 Å². The van der Waals surface area contributed by atoms with E-state index in [9.17, 15) is 14.4 Å². The van der Waals surface area contributed by atoms with Crippen molar-refractivity contribution in [1.82, 2.24) is 0 Å². The average Bonchev–Trinajstić information content (AvgIpc) is 2.60. The van der Waals surface area contributed by atoms with Gasteiger partial charge in [-0.15, -0.1) is 0 Å². The monoisotopic (exact) mass is 273 g/mol. The number of ketones is 1. The molecule has 20 heavy (non-hydrogen) atoms. The summed E-state index contributed by atoms with van der Waals surface area (Å²) in [5, 5.41) is 8.82. The largest absolute Gasteiger partial charge is 0.478 e. The highest BCUT2D eigenvalue weighted by Gasteiger charge is 2.36. The second-order valence-corrected chi connectivity index (χ2v) is 4.92. The average molecular weight is 273 g/mol. The van der Waals surface area contributed by atoms with Crippen LogP contribution < -0.4 is 4.90 Å². The van der Waals surface area contributed by atoms with Gasteiger partial charge in [0.1, 0.15) is 0 Å². The fourth-order valence-electron chi connectivity index (χ4n) is 2.32. The molecule has 1 aliphatic heterocycles. The lowest BCUT2D eigenvalue weighted by molar-refractivity contribution is -0.132. The smallest absolute Gasteiger partial charge is 0.331 e. The van der Waals surface area contributed by atoms with Crippen LogP contribution in [-0.4, -0.2) is 29.3 Å². The van der Waals surface area contributed by atoms with Crippen molar-refractivity contribution in [3.8, 4) is 0 Å². The van der Waals surface area contributed by atoms with Crippen molar-refractivity contribution in [3.05, 3.63) is 40.5 Å². The summed E-state index contributed by atoms with van der Waals surface area (Å²) in [7, 11) is 0. The Labute approximate surface area is 116 Å². The summed E-state index contributed by atoms with van der Waals surface area (Å²) >= 11 is 0. The number of benzene rings is 1. The summed E-state index contributed by atoms with van der Waals surface area (Å²) in [6.45, 7) is 5.23. The summed E-state index contributed by atoms with van der Waals surface area (Å²) in [6.07, 6.45) is 1.43. The molecule has 0 radical (unpaired) electrons. The number of aryl methyl sites for hydroxylation is 2. The molecule has 1 amide bonds. The van der Waals surface area contributed by atoms with E-state index < -0.39 is 17.7 Å². The Morgan fingerprint density at radius 1 is 1.30 bits per heavy atom. The van der Waals surface area contributed by atoms with E-state index in [0.29, 0.717) is 11.3 Å². The van der Waals surface area contributed by atoms with Crippen LogP contribution in [0.2, 0.25) is 0 Å². The Bertz CT molecular complexity index is 658. The van der Waals surface area contributed by atoms with Crippen molar-refractivity contribution in [3.63, 3.8) is 0 Å². The highest BCUT2D eigenvalue weighted by atomic mass is 16.4. The van der Waals surface area contributed by atoms with Crippen LogP contribution in [0.3, 0.4) is 0 Å². The maximum atomic E-state index is 12.0. The van der Waals surface area contributed by atoms with Gasteiger partial charge >= 0.3 is 5.97 Å². The predicted molar refractivity (Wildman–Crippen MR) is 74.0 cm³/mol. The molecule has 104 valence electrons. The van der Waals surface area contributed by atoms with Gasteiger partial charge in [-0.1, -0.05) is 12.1 Å². The molecule has 2 rings (SSSR count). The minimum Gasteiger partial charge on any atom is -0.478 e. The Kier molecular flexibility index (Phi) is 3.44. The minimum atomic E-state index is -1.04. The predicted octanol–water partition coefficient (Wildman–Crippen LogP) is 1.86. The lowest BCUT2D eigenvalue weighted by Crippen LogP contribution is -2.30. The van der Waals surface area contributed by atoms with E-state index in [0.717, 1.165) is 11.1 Å². The molecule has 0 spiro atoms. The molecular formula is C15H15NO4. The number of carbonyl (C=O) groups is 3. The molecule has 0 aliphatic carbocycles. The van der Waals surface area contributed by atoms with Gasteiger partial charge in [-0.2, -0.15) is 0 Å². The standard InChI is InChI=1S/C15H15NO4/c1-8-6-10(3)12-11(7-8)13(17)14(18)16(12)5-4-9(2)15(19)20/h4,6-7H,5H2,1-3H3,(H,19,20). The van der Waals surface area contributed by atoms with Gasteiger partial charge in [-0.05, 0) is 38.0 Å². The van der Waals surface area contributed by atoms with Gasteiger partial charge in [0.05, 0.1) is 11.3 Å². The first kappa shape index (κ1) is 14.0. The molecule has 1 aromatic carbocycles. The van der Waals surface area contributed by atoms with Gasteiger partial charge in [-0.3, -0.25) is 9.59 Å². The number of carbonyl (C=O) groups excluding carboxylic acids is 2. The Morgan fingerprint density at radius 3 is 2.55 bits per heavy atom. The molecule has 1 aliphatic rings. The zero-order chi connectivity index (χ0) is 15.0. The molecule has 0 unspecified atom stereocenters. The normalized spacial score (nSPS) is 14.8. The topological polar surface area (TPSA) is 74.7 Å². The van der Waals surface area contributed by atoms with Crippen LogP contribution >= 0.6 is 0 Å². The number of hydrogen-bond acceptors (Lipinski definition) is 3. The first-order chi connectivity index (χ1) is 9.32. The number of nitrogens with zero attached hydrogens (tertiary/aromatic N) is 1. The summed E-state index contributed by atoms with van der Waals surface area (Å²) in [6, 6.07) is 3.59. The lowest BCUT2D eigenvalue weighted by atomic mass is 10.0. The van der Waals surface area contributed by atoms with Crippen LogP contribution in [0.1, 0.15) is 28.4 Å². The quantitative estimate of drug-likeness (QED) is 0.674. The van der Waals surface area contributed by atoms with Crippen molar-refractivity contribution < 1.29 is 19.5 Å². The van der Waals surface area contributed by atoms with Crippen molar-refractivity contribution in [2.75, 3.05) is 11.4 Å². The second-order valence-electron chi connectivity index (χ2n) is 4.92. The van der Waals surface area contributed by atoms with Gasteiger partial charge in [-0.25, -0.2) is 4.79 Å². The SMILES string of the molecule is CC(=CCN1C(=O)C(=O)c2cc(C)cc(C)c21)C(=O)O. The van der Waals surface area contributed by atoms with Gasteiger partial charge in [0, 0.05) is 12.1 Å². The molecule has 0 bridgehead atoms. The summed E-state index contributed by atoms with van der Waals surface area (Å²) in [5.41, 5.74) is 2.87. The molecular weight excluding hydrogens is 258 g/mol. The number of fused-ring (bicyclic) bond motifs is 1. The third-order valence-corrected chi connectivity index (χ3v) is 3.32. The molecule has 1 heterocycles. The zero-order valence-electron chi connectivity index (χ0n) is 11.6. The van der Waals surface area contributed by atoms with E-state index in [1.807, 2.05) is 19.9 Å². The maximum Gasteiger partial charge on any atom is 0.331 e. The van der Waals surface area contributed by atoms with Crippen LogP contribution in [0.25, 0.3) is 0 Å². The number of carboxylic acids is 1. The minimum absolute atomic E-state index is 0.0829. The molecule has 0 saturated carbocycles. The maximum absolute atomic E-state index is 12.0. The van der Waals surface area contributed by atoms with E-state index in [4.69, 9.17) is 5.11 Å². The highest BCUT2D eigenvalue weighted by molar-refractivity contribution is 6.52. The van der Waals surface area contributed by atoms with Crippen molar-refractivity contribution in [2.24, 2.45) is 0 Å². The molecule has 0 aromatic heterocycles. The van der Waals surface area contributed by atoms with E-state index in [1.165, 1.54) is 17.9 Å². The zero-order valence-corrected chi connectivity index (χ0v) is 11.6. The number of aliphatic carboxylic acids is 1. The molecule has 1 N–H and O–H groups in total. The molecule has 1 aromatic rings. The first-order valence-electron chi connectivity index (χ1n) is 6.20. The third-order valence-electron chi connectivity index (χ3n) is 3.32. The fraction of sp³-hybridized carbons (Fsp3) is 0.267. The Morgan fingerprint density at radius 2 is 1.95 bits per heavy atom. The summed E-state index contributed by atoms with van der Waals surface area (Å²) in [5.74, 6) is -2.18. The van der Waals surface area contributed by atoms with Crippen molar-refractivity contribution in [1.29, 1.82) is 0 Å². The van der Waals surface area contributed by atoms with E-state index in [1.54, 1.807) is 6.07 Å². The van der Waals surface area contributed by atoms with Gasteiger partial charge in [0.15, 0.2) is 0 Å². The number of amides is 1. The summed E-state index contributed by atoms with van der Waals surface area (Å²) in [4.78, 5) is 36.1. The fourth-order valence-corrected chi connectivity index (χ4v) is 2.32. The van der Waals surface area contributed by atoms with Crippen molar-refractivity contribution in [2.45, 2.75) is 20.8 Å². The third kappa shape index (κ3) is 2.22. The first-order valence-corrected chi connectivity index (χ1v) is 6.20. The van der Waals surface area contributed by atoms with E-state index in [-0.39, 0.29) is 12.1 Å². The Hall–Kier alpha value is -2.43. The van der Waals surface area contributed by atoms with Gasteiger partial charge in [0.2, 0.25) is 0 Å². The van der Waals surface area contributed by atoms with Crippen LogP contribution in [0.5, 0.6) is 0 Å². The number of rotatable bonds is 3. The summed E-state index contributed by atoms with van der Waals surface area (Å²) < 4.78 is 0. The van der Waals surface area contributed by atoms with Crippen LogP contribution in [0.15, 0.2) is 23.8 Å². The van der Waals surface area contributed by atoms with Gasteiger partial charge in [0.25, 0.3) is 11.7 Å². The molecule has 5 nitrogen and oxygen atoms in total. The van der Waals surface area contributed by atoms with Gasteiger partial charge < -0.3 is 10.0 Å². The lowest BCUT2D eigenvalue weighted by Gasteiger charge is -2.17. The number of Topliss-reactive ketones (excluding diaryl/α,β-unsaturated/α-hetero) is 1.